The van der Waals surface area contributed by atoms with Crippen LogP contribution in [0.25, 0.3) is 0 Å². The predicted octanol–water partition coefficient (Wildman–Crippen LogP) is 4.93. The Hall–Kier alpha value is -4.76. The van der Waals surface area contributed by atoms with Crippen LogP contribution in [0.15, 0.2) is 24.3 Å². The average Bonchev–Trinajstić information content (AvgIpc) is 3.78. The second kappa shape index (κ2) is 17.1. The molecule has 0 N–H and O–H groups in total. The maximum absolute atomic E-state index is 13.8. The average molecular weight is 757 g/mol. The van der Waals surface area contributed by atoms with Crippen molar-refractivity contribution in [2.75, 3.05) is 41.3 Å². The molecule has 15 nitrogen and oxygen atoms in total. The van der Waals surface area contributed by atoms with Crippen molar-refractivity contribution in [3.63, 3.8) is 0 Å². The number of rotatable bonds is 15. The summed E-state index contributed by atoms with van der Waals surface area (Å²) >= 11 is 0. The van der Waals surface area contributed by atoms with Gasteiger partial charge in [0.1, 0.15) is 0 Å². The highest BCUT2D eigenvalue weighted by Crippen LogP contribution is 2.57. The zero-order chi connectivity index (χ0) is 38.5. The molecule has 4 aliphatic rings. The van der Waals surface area contributed by atoms with Crippen molar-refractivity contribution in [2.24, 2.45) is 11.8 Å². The number of carbonyl (C=O) groups is 4. The highest BCUT2D eigenvalue weighted by Gasteiger charge is 2.56. The smallest absolute Gasteiger partial charge is 0.310 e. The van der Waals surface area contributed by atoms with Crippen LogP contribution in [0.2, 0.25) is 0 Å². The van der Waals surface area contributed by atoms with Crippen molar-refractivity contribution in [1.82, 2.24) is 0 Å². The van der Waals surface area contributed by atoms with E-state index in [1.54, 1.807) is 18.2 Å². The molecule has 2 aromatic carbocycles. The Balaban J connectivity index is 1.44. The van der Waals surface area contributed by atoms with E-state index in [0.29, 0.717) is 64.7 Å². The lowest BCUT2D eigenvalue weighted by atomic mass is 9.66. The maximum atomic E-state index is 13.8. The van der Waals surface area contributed by atoms with Gasteiger partial charge in [-0.2, -0.15) is 0 Å². The van der Waals surface area contributed by atoms with Gasteiger partial charge in [-0.1, -0.05) is 20.8 Å². The van der Waals surface area contributed by atoms with Gasteiger partial charge in [0.05, 0.1) is 46.6 Å². The molecule has 0 unspecified atom stereocenters. The Kier molecular flexibility index (Phi) is 12.4. The van der Waals surface area contributed by atoms with Gasteiger partial charge in [0.2, 0.25) is 12.5 Å². The highest BCUT2D eigenvalue weighted by atomic mass is 16.7. The number of cyclic esters (lactones) is 1. The number of ether oxygens (including phenoxy) is 11. The number of hydrogen-bond donors (Lipinski definition) is 0. The first kappa shape index (κ1) is 38.9. The van der Waals surface area contributed by atoms with Gasteiger partial charge in [-0.15, -0.1) is 0 Å². The van der Waals surface area contributed by atoms with Gasteiger partial charge in [0.15, 0.2) is 47.6 Å². The van der Waals surface area contributed by atoms with Crippen LogP contribution in [-0.4, -0.2) is 89.8 Å². The van der Waals surface area contributed by atoms with Crippen LogP contribution in [-0.2, 0) is 47.6 Å². The van der Waals surface area contributed by atoms with E-state index in [0.717, 1.165) is 0 Å². The van der Waals surface area contributed by atoms with Crippen molar-refractivity contribution in [3.8, 4) is 28.7 Å². The summed E-state index contributed by atoms with van der Waals surface area (Å²) in [6.45, 7) is 5.27. The number of methoxy groups -OCH3 is 3. The summed E-state index contributed by atoms with van der Waals surface area (Å²) in [7, 11) is 4.54. The van der Waals surface area contributed by atoms with Crippen molar-refractivity contribution in [2.45, 2.75) is 95.9 Å². The molecule has 294 valence electrons. The molecule has 15 heteroatoms. The lowest BCUT2D eigenvalue weighted by molar-refractivity contribution is -0.298. The number of esters is 4. The molecule has 0 amide bonds. The Morgan fingerprint density at radius 1 is 0.704 bits per heavy atom. The largest absolute Gasteiger partial charge is 0.493 e. The summed E-state index contributed by atoms with van der Waals surface area (Å²) in [5.41, 5.74) is 2.03. The molecule has 2 aromatic rings. The first-order valence-corrected chi connectivity index (χ1v) is 18.4. The lowest BCUT2D eigenvalue weighted by Gasteiger charge is -2.44. The molecule has 1 aliphatic carbocycles. The Morgan fingerprint density at radius 3 is 1.85 bits per heavy atom. The van der Waals surface area contributed by atoms with Gasteiger partial charge < -0.3 is 52.1 Å². The summed E-state index contributed by atoms with van der Waals surface area (Å²) in [6.07, 6.45) is -4.04. The Labute approximate surface area is 313 Å². The van der Waals surface area contributed by atoms with Crippen molar-refractivity contribution >= 4 is 23.9 Å². The molecule has 0 bridgehead atoms. The molecule has 6 rings (SSSR count). The molecular weight excluding hydrogens is 708 g/mol. The molecule has 2 saturated heterocycles. The standard InChI is InChI=1S/C39H48O15/c1-7-10-29(40)51-28-18-48-39(37(53-31(42)12-9-3)36(28)52-30(41)11-8-2)54-34-22-16-25-24(49-19-50-25)15-21(22)32(33-23(34)17-47-38(33)43)20-13-26(44-4)35(46-6)27(14-20)45-5/h13-16,23,28,32-34,36-37,39H,7-12,17-19H2,1-6H3/t23-,28+,32+,33-,34+,36-,37+,39+/m0/s1. The normalized spacial score (nSPS) is 26.5. The van der Waals surface area contributed by atoms with Gasteiger partial charge in [-0.25, -0.2) is 0 Å². The van der Waals surface area contributed by atoms with Crippen LogP contribution < -0.4 is 23.7 Å². The summed E-state index contributed by atoms with van der Waals surface area (Å²) in [5.74, 6) is -1.88. The number of benzene rings is 2. The molecular formula is C39H48O15. The zero-order valence-corrected chi connectivity index (χ0v) is 31.4. The summed E-state index contributed by atoms with van der Waals surface area (Å²) in [5, 5.41) is 0. The second-order valence-electron chi connectivity index (χ2n) is 13.5. The third-order valence-corrected chi connectivity index (χ3v) is 10.0. The van der Waals surface area contributed by atoms with Crippen molar-refractivity contribution in [1.29, 1.82) is 0 Å². The number of fused-ring (bicyclic) bond motifs is 3. The van der Waals surface area contributed by atoms with Crippen LogP contribution >= 0.6 is 0 Å². The quantitative estimate of drug-likeness (QED) is 0.177. The minimum Gasteiger partial charge on any atom is -0.493 e. The van der Waals surface area contributed by atoms with Crippen LogP contribution in [0, 0.1) is 11.8 Å². The van der Waals surface area contributed by atoms with E-state index < -0.39 is 72.3 Å². The fourth-order valence-electron chi connectivity index (χ4n) is 7.60. The van der Waals surface area contributed by atoms with Gasteiger partial charge in [-0.05, 0) is 60.2 Å². The van der Waals surface area contributed by atoms with Crippen LogP contribution in [0.3, 0.4) is 0 Å². The van der Waals surface area contributed by atoms with E-state index in [4.69, 9.17) is 52.1 Å². The summed E-state index contributed by atoms with van der Waals surface area (Å²) < 4.78 is 64.9. The van der Waals surface area contributed by atoms with Gasteiger partial charge in [0, 0.05) is 31.1 Å². The van der Waals surface area contributed by atoms with E-state index in [1.807, 2.05) is 26.8 Å². The highest BCUT2D eigenvalue weighted by molar-refractivity contribution is 5.79. The van der Waals surface area contributed by atoms with Gasteiger partial charge in [0.25, 0.3) is 0 Å². The molecule has 8 atom stereocenters. The lowest BCUT2D eigenvalue weighted by Crippen LogP contribution is -2.59. The molecule has 0 saturated carbocycles. The molecule has 0 radical (unpaired) electrons. The molecule has 0 aromatic heterocycles. The number of carbonyl (C=O) groups excluding carboxylic acids is 4. The fraction of sp³-hybridized carbons (Fsp3) is 0.590. The first-order valence-electron chi connectivity index (χ1n) is 18.4. The van der Waals surface area contributed by atoms with E-state index in [-0.39, 0.29) is 39.3 Å². The van der Waals surface area contributed by atoms with Crippen LogP contribution in [0.5, 0.6) is 28.7 Å². The molecule has 0 spiro atoms. The monoisotopic (exact) mass is 756 g/mol. The van der Waals surface area contributed by atoms with Gasteiger partial charge >= 0.3 is 23.9 Å². The van der Waals surface area contributed by atoms with E-state index in [1.165, 1.54) is 21.3 Å². The fourth-order valence-corrected chi connectivity index (χ4v) is 7.60. The summed E-state index contributed by atoms with van der Waals surface area (Å²) in [6, 6.07) is 7.23. The third-order valence-electron chi connectivity index (χ3n) is 10.0. The minimum atomic E-state index is -1.33. The van der Waals surface area contributed by atoms with E-state index in [9.17, 15) is 19.2 Å². The Morgan fingerprint density at radius 2 is 1.28 bits per heavy atom. The zero-order valence-electron chi connectivity index (χ0n) is 31.4. The van der Waals surface area contributed by atoms with E-state index in [2.05, 4.69) is 0 Å². The first-order chi connectivity index (χ1) is 26.1. The van der Waals surface area contributed by atoms with E-state index >= 15 is 0 Å². The van der Waals surface area contributed by atoms with Gasteiger partial charge in [-0.3, -0.25) is 19.2 Å². The SMILES string of the molecule is CCCC(=O)O[C@@H]1[C@@H](OC(=O)CCC)[C@@H](O[C@@H]2c3cc4c(cc3[C@@H](c3cc(OC)c(OC)c(OC)c3)[C@H]3C(=O)OC[C@@H]32)OCO4)OC[C@H]1OC(=O)CCC. The predicted molar refractivity (Wildman–Crippen MR) is 186 cm³/mol. The van der Waals surface area contributed by atoms with Crippen molar-refractivity contribution < 1.29 is 71.3 Å². The maximum Gasteiger partial charge on any atom is 0.310 e. The number of hydrogen-bond acceptors (Lipinski definition) is 15. The molecule has 3 aliphatic heterocycles. The minimum absolute atomic E-state index is 0.00214. The van der Waals surface area contributed by atoms with Crippen molar-refractivity contribution in [3.05, 3.63) is 41.0 Å². The summed E-state index contributed by atoms with van der Waals surface area (Å²) in [4.78, 5) is 52.6. The topological polar surface area (TPSA) is 170 Å². The Bertz CT molecular complexity index is 1680. The molecule has 54 heavy (non-hydrogen) atoms. The third kappa shape index (κ3) is 7.74. The molecule has 3 heterocycles. The second-order valence-corrected chi connectivity index (χ2v) is 13.5. The van der Waals surface area contributed by atoms with Crippen LogP contribution in [0.1, 0.15) is 88.0 Å². The molecule has 2 fully saturated rings. The van der Waals surface area contributed by atoms with Crippen LogP contribution in [0.4, 0.5) is 0 Å².